The van der Waals surface area contributed by atoms with Crippen LogP contribution in [0.25, 0.3) is 0 Å². The van der Waals surface area contributed by atoms with Gasteiger partial charge in [0.25, 0.3) is 0 Å². The molecule has 0 aromatic heterocycles. The van der Waals surface area contributed by atoms with Crippen molar-refractivity contribution in [2.24, 2.45) is 5.92 Å². The molecule has 0 fully saturated rings. The Balaban J connectivity index is 2.66. The van der Waals surface area contributed by atoms with Gasteiger partial charge in [0, 0.05) is 18.5 Å². The second-order valence-corrected chi connectivity index (χ2v) is 5.28. The lowest BCUT2D eigenvalue weighted by molar-refractivity contribution is 0.353. The van der Waals surface area contributed by atoms with Crippen molar-refractivity contribution in [1.82, 2.24) is 5.32 Å². The van der Waals surface area contributed by atoms with Gasteiger partial charge in [0.1, 0.15) is 0 Å². The van der Waals surface area contributed by atoms with Gasteiger partial charge in [0.2, 0.25) is 0 Å². The summed E-state index contributed by atoms with van der Waals surface area (Å²) in [4.78, 5) is 0. The van der Waals surface area contributed by atoms with Crippen molar-refractivity contribution in [3.63, 3.8) is 0 Å². The molecule has 0 saturated carbocycles. The Labute approximate surface area is 121 Å². The predicted molar refractivity (Wildman–Crippen MR) is 80.3 cm³/mol. The maximum atomic E-state index is 5.83. The quantitative estimate of drug-likeness (QED) is 0.742. The molecule has 1 aromatic carbocycles. The SMILES string of the molecule is COc1ccc(CNC(CCCl)C(C)C)cc1OC. The van der Waals surface area contributed by atoms with Crippen molar-refractivity contribution < 1.29 is 9.47 Å². The fraction of sp³-hybridized carbons (Fsp3) is 0.600. The molecule has 0 bridgehead atoms. The summed E-state index contributed by atoms with van der Waals surface area (Å²) in [5.74, 6) is 2.77. The van der Waals surface area contributed by atoms with Crippen LogP contribution in [0, 0.1) is 5.92 Å². The van der Waals surface area contributed by atoms with Crippen molar-refractivity contribution >= 4 is 11.6 Å². The number of hydrogen-bond donors (Lipinski definition) is 1. The molecule has 1 rings (SSSR count). The lowest BCUT2D eigenvalue weighted by Gasteiger charge is -2.21. The summed E-state index contributed by atoms with van der Waals surface area (Å²) < 4.78 is 10.5. The second kappa shape index (κ2) is 8.28. The van der Waals surface area contributed by atoms with E-state index in [2.05, 4.69) is 19.2 Å². The number of ether oxygens (including phenoxy) is 2. The Morgan fingerprint density at radius 2 is 1.84 bits per heavy atom. The van der Waals surface area contributed by atoms with E-state index in [4.69, 9.17) is 21.1 Å². The van der Waals surface area contributed by atoms with Crippen LogP contribution in [-0.4, -0.2) is 26.1 Å². The minimum atomic E-state index is 0.436. The van der Waals surface area contributed by atoms with Gasteiger partial charge in [-0.05, 0) is 30.0 Å². The molecule has 1 unspecified atom stereocenters. The van der Waals surface area contributed by atoms with E-state index in [0.717, 1.165) is 24.5 Å². The van der Waals surface area contributed by atoms with E-state index in [9.17, 15) is 0 Å². The molecule has 3 nitrogen and oxygen atoms in total. The normalized spacial score (nSPS) is 12.5. The number of alkyl halides is 1. The standard InChI is InChI=1S/C15H24ClNO2/c1-11(2)13(7-8-16)17-10-12-5-6-14(18-3)15(9-12)19-4/h5-6,9,11,13,17H,7-8,10H2,1-4H3. The van der Waals surface area contributed by atoms with Crippen molar-refractivity contribution in [2.75, 3.05) is 20.1 Å². The smallest absolute Gasteiger partial charge is 0.161 e. The van der Waals surface area contributed by atoms with Crippen molar-refractivity contribution in [3.8, 4) is 11.5 Å². The highest BCUT2D eigenvalue weighted by molar-refractivity contribution is 6.17. The van der Waals surface area contributed by atoms with Gasteiger partial charge in [-0.15, -0.1) is 11.6 Å². The molecule has 1 aromatic rings. The van der Waals surface area contributed by atoms with Crippen LogP contribution in [0.1, 0.15) is 25.8 Å². The van der Waals surface area contributed by atoms with Crippen molar-refractivity contribution in [3.05, 3.63) is 23.8 Å². The Kier molecular flexibility index (Phi) is 7.03. The Morgan fingerprint density at radius 3 is 2.37 bits per heavy atom. The van der Waals surface area contributed by atoms with E-state index in [-0.39, 0.29) is 0 Å². The lowest BCUT2D eigenvalue weighted by atomic mass is 10.0. The van der Waals surface area contributed by atoms with Gasteiger partial charge in [-0.3, -0.25) is 0 Å². The average molecular weight is 286 g/mol. The fourth-order valence-corrected chi connectivity index (χ4v) is 2.26. The summed E-state index contributed by atoms with van der Waals surface area (Å²) in [6.45, 7) is 5.22. The van der Waals surface area contributed by atoms with E-state index in [1.807, 2.05) is 18.2 Å². The van der Waals surface area contributed by atoms with Crippen LogP contribution in [0.5, 0.6) is 11.5 Å². The first kappa shape index (κ1) is 16.1. The van der Waals surface area contributed by atoms with Crippen LogP contribution in [0.15, 0.2) is 18.2 Å². The number of rotatable bonds is 8. The maximum absolute atomic E-state index is 5.83. The molecule has 19 heavy (non-hydrogen) atoms. The molecule has 1 atom stereocenters. The predicted octanol–water partition coefficient (Wildman–Crippen LogP) is 3.45. The number of hydrogen-bond acceptors (Lipinski definition) is 3. The minimum Gasteiger partial charge on any atom is -0.493 e. The molecule has 0 aliphatic rings. The minimum absolute atomic E-state index is 0.436. The zero-order valence-corrected chi connectivity index (χ0v) is 13.0. The van der Waals surface area contributed by atoms with Crippen molar-refractivity contribution in [1.29, 1.82) is 0 Å². The number of nitrogens with one attached hydrogen (secondary N) is 1. The van der Waals surface area contributed by atoms with Crippen LogP contribution in [0.3, 0.4) is 0 Å². The van der Waals surface area contributed by atoms with Gasteiger partial charge < -0.3 is 14.8 Å². The third kappa shape index (κ3) is 4.92. The van der Waals surface area contributed by atoms with Crippen LogP contribution in [-0.2, 0) is 6.54 Å². The summed E-state index contributed by atoms with van der Waals surface area (Å²) in [6, 6.07) is 6.42. The van der Waals surface area contributed by atoms with E-state index >= 15 is 0 Å². The number of benzene rings is 1. The van der Waals surface area contributed by atoms with Crippen molar-refractivity contribution in [2.45, 2.75) is 32.9 Å². The molecule has 0 aliphatic carbocycles. The van der Waals surface area contributed by atoms with Gasteiger partial charge in [0.15, 0.2) is 11.5 Å². The highest BCUT2D eigenvalue weighted by atomic mass is 35.5. The summed E-state index contributed by atoms with van der Waals surface area (Å²) in [5.41, 5.74) is 1.18. The fourth-order valence-electron chi connectivity index (χ4n) is 2.03. The lowest BCUT2D eigenvalue weighted by Crippen LogP contribution is -2.33. The zero-order valence-electron chi connectivity index (χ0n) is 12.2. The molecular formula is C15H24ClNO2. The highest BCUT2D eigenvalue weighted by Crippen LogP contribution is 2.27. The second-order valence-electron chi connectivity index (χ2n) is 4.90. The number of halogens is 1. The van der Waals surface area contributed by atoms with Crippen LogP contribution in [0.4, 0.5) is 0 Å². The highest BCUT2D eigenvalue weighted by Gasteiger charge is 2.12. The first-order chi connectivity index (χ1) is 9.12. The third-order valence-electron chi connectivity index (χ3n) is 3.24. The Morgan fingerprint density at radius 1 is 1.16 bits per heavy atom. The van der Waals surface area contributed by atoms with Gasteiger partial charge in [-0.1, -0.05) is 19.9 Å². The topological polar surface area (TPSA) is 30.5 Å². The molecular weight excluding hydrogens is 262 g/mol. The van der Waals surface area contributed by atoms with Gasteiger partial charge in [-0.2, -0.15) is 0 Å². The number of methoxy groups -OCH3 is 2. The van der Waals surface area contributed by atoms with E-state index in [0.29, 0.717) is 17.8 Å². The van der Waals surface area contributed by atoms with Gasteiger partial charge in [0.05, 0.1) is 14.2 Å². The summed E-state index contributed by atoms with van der Waals surface area (Å²) >= 11 is 5.83. The third-order valence-corrected chi connectivity index (χ3v) is 3.46. The van der Waals surface area contributed by atoms with E-state index < -0.39 is 0 Å². The Hall–Kier alpha value is -0.930. The van der Waals surface area contributed by atoms with Gasteiger partial charge in [-0.25, -0.2) is 0 Å². The van der Waals surface area contributed by atoms with E-state index in [1.54, 1.807) is 14.2 Å². The van der Waals surface area contributed by atoms with Gasteiger partial charge >= 0.3 is 0 Å². The molecule has 0 aliphatic heterocycles. The Bertz CT molecular complexity index is 382. The molecule has 1 N–H and O–H groups in total. The van der Waals surface area contributed by atoms with Crippen LogP contribution >= 0.6 is 11.6 Å². The first-order valence-corrected chi connectivity index (χ1v) is 7.16. The molecule has 4 heteroatoms. The van der Waals surface area contributed by atoms with E-state index in [1.165, 1.54) is 5.56 Å². The van der Waals surface area contributed by atoms with Crippen LogP contribution in [0.2, 0.25) is 0 Å². The van der Waals surface area contributed by atoms with Crippen LogP contribution < -0.4 is 14.8 Å². The largest absolute Gasteiger partial charge is 0.493 e. The molecule has 0 radical (unpaired) electrons. The first-order valence-electron chi connectivity index (χ1n) is 6.62. The summed E-state index contributed by atoms with van der Waals surface area (Å²) in [5, 5.41) is 3.54. The average Bonchev–Trinajstić information content (AvgIpc) is 2.42. The molecule has 0 spiro atoms. The molecule has 0 amide bonds. The molecule has 0 saturated heterocycles. The monoisotopic (exact) mass is 285 g/mol. The zero-order chi connectivity index (χ0) is 14.3. The summed E-state index contributed by atoms with van der Waals surface area (Å²) in [7, 11) is 3.30. The molecule has 108 valence electrons. The maximum Gasteiger partial charge on any atom is 0.161 e. The molecule has 0 heterocycles. The summed E-state index contributed by atoms with van der Waals surface area (Å²) in [6.07, 6.45) is 0.979.